The van der Waals surface area contributed by atoms with Crippen molar-refractivity contribution >= 4 is 17.5 Å². The third-order valence-electron chi connectivity index (χ3n) is 3.96. The van der Waals surface area contributed by atoms with E-state index >= 15 is 0 Å². The van der Waals surface area contributed by atoms with Crippen LogP contribution in [0, 0.1) is 0 Å². The number of nitrogens with zero attached hydrogens (tertiary/aromatic N) is 1. The Balaban J connectivity index is 1.82. The lowest BCUT2D eigenvalue weighted by Crippen LogP contribution is -2.28. The van der Waals surface area contributed by atoms with Crippen LogP contribution in [0.3, 0.4) is 0 Å². The van der Waals surface area contributed by atoms with E-state index in [-0.39, 0.29) is 12.0 Å². The quantitative estimate of drug-likeness (QED) is 0.692. The maximum Gasteiger partial charge on any atom is 0.222 e. The van der Waals surface area contributed by atoms with Crippen molar-refractivity contribution in [3.63, 3.8) is 0 Å². The SMILES string of the molecule is COc1cc(CNCCCN2CCCC2=O)c(Cl)cc1OC(C)C. The number of halogens is 1. The fraction of sp³-hybridized carbons (Fsp3) is 0.611. The van der Waals surface area contributed by atoms with E-state index in [2.05, 4.69) is 5.32 Å². The summed E-state index contributed by atoms with van der Waals surface area (Å²) < 4.78 is 11.1. The van der Waals surface area contributed by atoms with Gasteiger partial charge in [0.2, 0.25) is 5.91 Å². The normalized spacial score (nSPS) is 14.5. The fourth-order valence-corrected chi connectivity index (χ4v) is 3.00. The van der Waals surface area contributed by atoms with Crippen LogP contribution in [-0.4, -0.2) is 43.7 Å². The summed E-state index contributed by atoms with van der Waals surface area (Å²) in [7, 11) is 1.63. The molecule has 1 saturated heterocycles. The highest BCUT2D eigenvalue weighted by Crippen LogP contribution is 2.34. The maximum absolute atomic E-state index is 11.5. The number of carbonyl (C=O) groups excluding carboxylic acids is 1. The summed E-state index contributed by atoms with van der Waals surface area (Å²) in [6.07, 6.45) is 2.70. The molecule has 6 heteroatoms. The lowest BCUT2D eigenvalue weighted by Gasteiger charge is -2.17. The van der Waals surface area contributed by atoms with Gasteiger partial charge in [0.15, 0.2) is 11.5 Å². The van der Waals surface area contributed by atoms with Crippen LogP contribution in [-0.2, 0) is 11.3 Å². The molecule has 0 aliphatic carbocycles. The molecule has 0 bridgehead atoms. The van der Waals surface area contributed by atoms with E-state index < -0.39 is 0 Å². The molecule has 1 amide bonds. The smallest absolute Gasteiger partial charge is 0.222 e. The van der Waals surface area contributed by atoms with E-state index in [1.165, 1.54) is 0 Å². The van der Waals surface area contributed by atoms with Crippen LogP contribution in [0.2, 0.25) is 5.02 Å². The average molecular weight is 355 g/mol. The molecule has 0 saturated carbocycles. The molecule has 134 valence electrons. The number of benzene rings is 1. The predicted octanol–water partition coefficient (Wildman–Crippen LogP) is 3.24. The minimum absolute atomic E-state index is 0.0623. The van der Waals surface area contributed by atoms with Crippen LogP contribution in [0.4, 0.5) is 0 Å². The Kier molecular flexibility index (Phi) is 7.18. The van der Waals surface area contributed by atoms with E-state index in [1.54, 1.807) is 13.2 Å². The molecule has 0 aromatic heterocycles. The van der Waals surface area contributed by atoms with Gasteiger partial charge in [0.1, 0.15) is 0 Å². The molecular weight excluding hydrogens is 328 g/mol. The van der Waals surface area contributed by atoms with Crippen molar-refractivity contribution < 1.29 is 14.3 Å². The minimum atomic E-state index is 0.0623. The number of amides is 1. The van der Waals surface area contributed by atoms with Gasteiger partial charge in [0, 0.05) is 37.1 Å². The van der Waals surface area contributed by atoms with E-state index in [1.807, 2.05) is 24.8 Å². The largest absolute Gasteiger partial charge is 0.493 e. The first-order valence-electron chi connectivity index (χ1n) is 8.52. The van der Waals surface area contributed by atoms with Crippen molar-refractivity contribution in [3.05, 3.63) is 22.7 Å². The molecule has 1 aliphatic rings. The molecule has 2 rings (SSSR count). The monoisotopic (exact) mass is 354 g/mol. The third-order valence-corrected chi connectivity index (χ3v) is 4.32. The van der Waals surface area contributed by atoms with Gasteiger partial charge in [-0.25, -0.2) is 0 Å². The van der Waals surface area contributed by atoms with Gasteiger partial charge < -0.3 is 19.7 Å². The molecule has 0 unspecified atom stereocenters. The van der Waals surface area contributed by atoms with Gasteiger partial charge in [-0.15, -0.1) is 0 Å². The Morgan fingerprint density at radius 3 is 2.75 bits per heavy atom. The van der Waals surface area contributed by atoms with E-state index in [0.29, 0.717) is 29.5 Å². The zero-order valence-corrected chi connectivity index (χ0v) is 15.5. The van der Waals surface area contributed by atoms with Gasteiger partial charge in [-0.3, -0.25) is 4.79 Å². The molecule has 1 aromatic carbocycles. The van der Waals surface area contributed by atoms with Crippen molar-refractivity contribution in [2.75, 3.05) is 26.7 Å². The van der Waals surface area contributed by atoms with Gasteiger partial charge in [0.05, 0.1) is 13.2 Å². The molecule has 0 atom stereocenters. The molecule has 1 aliphatic heterocycles. The molecule has 24 heavy (non-hydrogen) atoms. The number of hydrogen-bond donors (Lipinski definition) is 1. The molecular formula is C18H27ClN2O3. The summed E-state index contributed by atoms with van der Waals surface area (Å²) in [5, 5.41) is 4.03. The molecule has 1 heterocycles. The zero-order chi connectivity index (χ0) is 17.5. The Morgan fingerprint density at radius 1 is 1.33 bits per heavy atom. The van der Waals surface area contributed by atoms with Gasteiger partial charge >= 0.3 is 0 Å². The van der Waals surface area contributed by atoms with Crippen molar-refractivity contribution in [2.24, 2.45) is 0 Å². The second kappa shape index (κ2) is 9.14. The number of likely N-dealkylation sites (tertiary alicyclic amines) is 1. The van der Waals surface area contributed by atoms with E-state index in [0.717, 1.165) is 38.0 Å². The van der Waals surface area contributed by atoms with Crippen molar-refractivity contribution in [2.45, 2.75) is 45.8 Å². The maximum atomic E-state index is 11.5. The summed E-state index contributed by atoms with van der Waals surface area (Å²) in [6, 6.07) is 3.72. The average Bonchev–Trinajstić information content (AvgIpc) is 2.93. The summed E-state index contributed by atoms with van der Waals surface area (Å²) in [5.74, 6) is 1.63. The summed E-state index contributed by atoms with van der Waals surface area (Å²) in [4.78, 5) is 13.5. The number of ether oxygens (including phenoxy) is 2. The molecule has 1 fully saturated rings. The van der Waals surface area contributed by atoms with Crippen molar-refractivity contribution in [3.8, 4) is 11.5 Å². The summed E-state index contributed by atoms with van der Waals surface area (Å²) in [6.45, 7) is 7.16. The topological polar surface area (TPSA) is 50.8 Å². The third kappa shape index (κ3) is 5.28. The van der Waals surface area contributed by atoms with Crippen LogP contribution in [0.5, 0.6) is 11.5 Å². The lowest BCUT2D eigenvalue weighted by molar-refractivity contribution is -0.127. The van der Waals surface area contributed by atoms with Gasteiger partial charge in [0.25, 0.3) is 0 Å². The Bertz CT molecular complexity index is 563. The van der Waals surface area contributed by atoms with Crippen LogP contribution in [0.15, 0.2) is 12.1 Å². The first-order valence-corrected chi connectivity index (χ1v) is 8.90. The van der Waals surface area contributed by atoms with Crippen LogP contribution in [0.1, 0.15) is 38.7 Å². The van der Waals surface area contributed by atoms with Crippen LogP contribution < -0.4 is 14.8 Å². The van der Waals surface area contributed by atoms with Crippen LogP contribution in [0.25, 0.3) is 0 Å². The van der Waals surface area contributed by atoms with E-state index in [9.17, 15) is 4.79 Å². The highest BCUT2D eigenvalue weighted by atomic mass is 35.5. The number of carbonyl (C=O) groups is 1. The number of hydrogen-bond acceptors (Lipinski definition) is 4. The predicted molar refractivity (Wildman–Crippen MR) is 95.9 cm³/mol. The summed E-state index contributed by atoms with van der Waals surface area (Å²) in [5.41, 5.74) is 0.974. The standard InChI is InChI=1S/C18H27ClN2O3/c1-13(2)24-17-11-15(19)14(10-16(17)23-3)12-20-7-5-9-21-8-4-6-18(21)22/h10-11,13,20H,4-9,12H2,1-3H3. The molecule has 0 radical (unpaired) electrons. The molecule has 0 spiro atoms. The van der Waals surface area contributed by atoms with Crippen molar-refractivity contribution in [1.29, 1.82) is 0 Å². The molecule has 1 aromatic rings. The first kappa shape index (κ1) is 18.9. The second-order valence-corrected chi connectivity index (χ2v) is 6.68. The highest BCUT2D eigenvalue weighted by molar-refractivity contribution is 6.31. The minimum Gasteiger partial charge on any atom is -0.493 e. The highest BCUT2D eigenvalue weighted by Gasteiger charge is 2.19. The zero-order valence-electron chi connectivity index (χ0n) is 14.7. The van der Waals surface area contributed by atoms with Gasteiger partial charge in [-0.2, -0.15) is 0 Å². The summed E-state index contributed by atoms with van der Waals surface area (Å²) >= 11 is 6.35. The number of rotatable bonds is 9. The van der Waals surface area contributed by atoms with Gasteiger partial charge in [-0.1, -0.05) is 11.6 Å². The molecule has 5 nitrogen and oxygen atoms in total. The first-order chi connectivity index (χ1) is 11.5. The Labute approximate surface area is 149 Å². The number of methoxy groups -OCH3 is 1. The Hall–Kier alpha value is -1.46. The fourth-order valence-electron chi connectivity index (χ4n) is 2.78. The Morgan fingerprint density at radius 2 is 2.12 bits per heavy atom. The van der Waals surface area contributed by atoms with E-state index in [4.69, 9.17) is 21.1 Å². The van der Waals surface area contributed by atoms with Gasteiger partial charge in [-0.05, 0) is 44.9 Å². The van der Waals surface area contributed by atoms with Crippen LogP contribution >= 0.6 is 11.6 Å². The van der Waals surface area contributed by atoms with Crippen molar-refractivity contribution in [1.82, 2.24) is 10.2 Å². The number of nitrogens with one attached hydrogen (secondary N) is 1. The second-order valence-electron chi connectivity index (χ2n) is 6.28. The molecule has 1 N–H and O–H groups in total. The lowest BCUT2D eigenvalue weighted by atomic mass is 10.2.